The van der Waals surface area contributed by atoms with Crippen molar-refractivity contribution in [1.82, 2.24) is 14.7 Å². The van der Waals surface area contributed by atoms with E-state index in [0.717, 1.165) is 0 Å². The van der Waals surface area contributed by atoms with Crippen molar-refractivity contribution < 1.29 is 24.2 Å². The topological polar surface area (TPSA) is 93.9 Å². The Kier molecular flexibility index (Phi) is 4.35. The van der Waals surface area contributed by atoms with Gasteiger partial charge in [-0.1, -0.05) is 0 Å². The molecular weight excluding hydrogens is 266 g/mol. The average molecular weight is 283 g/mol. The van der Waals surface area contributed by atoms with Gasteiger partial charge in [0, 0.05) is 26.9 Å². The summed E-state index contributed by atoms with van der Waals surface area (Å²) in [5.41, 5.74) is 0.613. The largest absolute Gasteiger partial charge is 0.479 e. The Bertz CT molecular complexity index is 501. The monoisotopic (exact) mass is 283 g/mol. The Hall–Kier alpha value is -1.93. The van der Waals surface area contributed by atoms with E-state index in [1.807, 2.05) is 0 Å². The number of aliphatic carboxylic acids is 1. The summed E-state index contributed by atoms with van der Waals surface area (Å²) >= 11 is 0. The first-order chi connectivity index (χ1) is 9.56. The number of hydrogen-bond donors (Lipinski definition) is 1. The molecule has 1 aliphatic rings. The molecule has 8 heteroatoms. The fourth-order valence-electron chi connectivity index (χ4n) is 2.30. The number of methoxy groups -OCH3 is 1. The van der Waals surface area contributed by atoms with Crippen molar-refractivity contribution in [3.8, 4) is 0 Å². The Morgan fingerprint density at radius 3 is 2.95 bits per heavy atom. The van der Waals surface area contributed by atoms with E-state index < -0.39 is 18.1 Å². The molecule has 2 heterocycles. The van der Waals surface area contributed by atoms with Crippen LogP contribution in [0.3, 0.4) is 0 Å². The summed E-state index contributed by atoms with van der Waals surface area (Å²) in [6.07, 6.45) is 0.446. The summed E-state index contributed by atoms with van der Waals surface area (Å²) in [6.45, 7) is 0.389. The summed E-state index contributed by atoms with van der Waals surface area (Å²) in [5.74, 6) is -1.36. The van der Waals surface area contributed by atoms with E-state index in [2.05, 4.69) is 5.10 Å². The van der Waals surface area contributed by atoms with Crippen molar-refractivity contribution in [3.63, 3.8) is 0 Å². The highest BCUT2D eigenvalue weighted by Gasteiger charge is 2.42. The Morgan fingerprint density at radius 1 is 1.65 bits per heavy atom. The minimum Gasteiger partial charge on any atom is -0.479 e. The van der Waals surface area contributed by atoms with E-state index >= 15 is 0 Å². The minimum absolute atomic E-state index is 0.241. The molecule has 1 amide bonds. The zero-order chi connectivity index (χ0) is 14.7. The quantitative estimate of drug-likeness (QED) is 0.777. The minimum atomic E-state index is -1.11. The van der Waals surface area contributed by atoms with Gasteiger partial charge in [0.2, 0.25) is 5.91 Å². The van der Waals surface area contributed by atoms with Crippen molar-refractivity contribution in [2.24, 2.45) is 7.05 Å². The van der Waals surface area contributed by atoms with E-state index in [1.54, 1.807) is 24.0 Å². The molecule has 20 heavy (non-hydrogen) atoms. The maximum atomic E-state index is 12.0. The second kappa shape index (κ2) is 6.02. The molecule has 1 fully saturated rings. The number of aromatic nitrogens is 2. The van der Waals surface area contributed by atoms with Crippen molar-refractivity contribution in [2.75, 3.05) is 26.9 Å². The summed E-state index contributed by atoms with van der Waals surface area (Å²) in [5, 5.41) is 13.3. The van der Waals surface area contributed by atoms with Crippen LogP contribution in [0.25, 0.3) is 0 Å². The highest BCUT2D eigenvalue weighted by atomic mass is 16.5. The summed E-state index contributed by atoms with van der Waals surface area (Å²) < 4.78 is 11.7. The highest BCUT2D eigenvalue weighted by Crippen LogP contribution is 2.29. The first kappa shape index (κ1) is 14.5. The van der Waals surface area contributed by atoms with Crippen molar-refractivity contribution in [1.29, 1.82) is 0 Å². The van der Waals surface area contributed by atoms with Gasteiger partial charge < -0.3 is 19.5 Å². The van der Waals surface area contributed by atoms with Gasteiger partial charge in [0.15, 0.2) is 6.10 Å². The molecule has 0 spiro atoms. The molecule has 0 bridgehead atoms. The van der Waals surface area contributed by atoms with Gasteiger partial charge in [-0.2, -0.15) is 5.10 Å². The number of morpholine rings is 1. The molecule has 0 aromatic carbocycles. The third kappa shape index (κ3) is 2.66. The van der Waals surface area contributed by atoms with E-state index in [4.69, 9.17) is 9.47 Å². The van der Waals surface area contributed by atoms with Gasteiger partial charge in [0.1, 0.15) is 12.6 Å². The third-order valence-electron chi connectivity index (χ3n) is 3.27. The maximum Gasteiger partial charge on any atom is 0.335 e. The second-order valence-corrected chi connectivity index (χ2v) is 4.47. The van der Waals surface area contributed by atoms with Crippen LogP contribution in [0.15, 0.2) is 12.3 Å². The number of aryl methyl sites for hydroxylation is 1. The lowest BCUT2D eigenvalue weighted by molar-refractivity contribution is -0.174. The Labute approximate surface area is 115 Å². The molecule has 1 aromatic rings. The van der Waals surface area contributed by atoms with Crippen molar-refractivity contribution in [2.45, 2.75) is 12.1 Å². The number of carboxylic acids is 1. The number of ether oxygens (including phenoxy) is 2. The third-order valence-corrected chi connectivity index (χ3v) is 3.27. The summed E-state index contributed by atoms with van der Waals surface area (Å²) in [4.78, 5) is 24.9. The zero-order valence-corrected chi connectivity index (χ0v) is 11.4. The molecule has 1 N–H and O–H groups in total. The first-order valence-electron chi connectivity index (χ1n) is 6.17. The molecule has 2 rings (SSSR count). The van der Waals surface area contributed by atoms with Crippen molar-refractivity contribution in [3.05, 3.63) is 18.0 Å². The van der Waals surface area contributed by atoms with E-state index in [1.165, 1.54) is 12.0 Å². The summed E-state index contributed by atoms with van der Waals surface area (Å²) in [7, 11) is 3.22. The molecule has 8 nitrogen and oxygen atoms in total. The zero-order valence-electron chi connectivity index (χ0n) is 11.4. The molecule has 2 unspecified atom stereocenters. The lowest BCUT2D eigenvalue weighted by Crippen LogP contribution is -2.53. The maximum absolute atomic E-state index is 12.0. The molecule has 110 valence electrons. The van der Waals surface area contributed by atoms with E-state index in [0.29, 0.717) is 18.8 Å². The molecule has 1 aromatic heterocycles. The van der Waals surface area contributed by atoms with Crippen LogP contribution in [0, 0.1) is 0 Å². The molecule has 1 saturated heterocycles. The average Bonchev–Trinajstić information content (AvgIpc) is 2.82. The Balaban J connectivity index is 2.36. The SMILES string of the molecule is COCCN1C(=O)COC(C(=O)O)C1c1ccnn1C. The van der Waals surface area contributed by atoms with Crippen LogP contribution in [-0.2, 0) is 26.1 Å². The predicted molar refractivity (Wildman–Crippen MR) is 66.9 cm³/mol. The number of carboxylic acid groups (broad SMARTS) is 1. The molecule has 2 atom stereocenters. The van der Waals surface area contributed by atoms with Gasteiger partial charge >= 0.3 is 5.97 Å². The van der Waals surface area contributed by atoms with E-state index in [9.17, 15) is 14.7 Å². The number of nitrogens with zero attached hydrogens (tertiary/aromatic N) is 3. The summed E-state index contributed by atoms with van der Waals surface area (Å²) in [6, 6.07) is 0.971. The highest BCUT2D eigenvalue weighted by molar-refractivity contribution is 5.82. The lowest BCUT2D eigenvalue weighted by atomic mass is 10.0. The van der Waals surface area contributed by atoms with Crippen LogP contribution in [0.1, 0.15) is 11.7 Å². The van der Waals surface area contributed by atoms with Crippen molar-refractivity contribution >= 4 is 11.9 Å². The fourth-order valence-corrected chi connectivity index (χ4v) is 2.30. The fraction of sp³-hybridized carbons (Fsp3) is 0.583. The van der Waals surface area contributed by atoms with Crippen LogP contribution >= 0.6 is 0 Å². The standard InChI is InChI=1S/C12H17N3O5/c1-14-8(3-4-13-14)10-11(12(17)18)20-7-9(16)15(10)5-6-19-2/h3-4,10-11H,5-7H2,1-2H3,(H,17,18). The van der Waals surface area contributed by atoms with Gasteiger partial charge in [0.05, 0.1) is 12.3 Å². The molecule has 1 aliphatic heterocycles. The molecule has 0 aliphatic carbocycles. The van der Waals surface area contributed by atoms with Crippen LogP contribution in [0.2, 0.25) is 0 Å². The number of amides is 1. The smallest absolute Gasteiger partial charge is 0.335 e. The van der Waals surface area contributed by atoms with Gasteiger partial charge in [-0.05, 0) is 6.07 Å². The van der Waals surface area contributed by atoms with Crippen LogP contribution in [0.5, 0.6) is 0 Å². The van der Waals surface area contributed by atoms with Gasteiger partial charge in [-0.25, -0.2) is 4.79 Å². The van der Waals surface area contributed by atoms with E-state index in [-0.39, 0.29) is 12.5 Å². The molecule has 0 radical (unpaired) electrons. The predicted octanol–water partition coefficient (Wildman–Crippen LogP) is -0.580. The Morgan fingerprint density at radius 2 is 2.40 bits per heavy atom. The normalized spacial score (nSPS) is 23.1. The molecule has 0 saturated carbocycles. The number of hydrogen-bond acceptors (Lipinski definition) is 5. The number of carbonyl (C=O) groups excluding carboxylic acids is 1. The van der Waals surface area contributed by atoms with Crippen LogP contribution in [-0.4, -0.2) is 64.6 Å². The van der Waals surface area contributed by atoms with Gasteiger partial charge in [-0.3, -0.25) is 9.48 Å². The second-order valence-electron chi connectivity index (χ2n) is 4.47. The van der Waals surface area contributed by atoms with Gasteiger partial charge in [-0.15, -0.1) is 0 Å². The number of carbonyl (C=O) groups is 2. The first-order valence-corrected chi connectivity index (χ1v) is 6.17. The van der Waals surface area contributed by atoms with Crippen LogP contribution < -0.4 is 0 Å². The number of rotatable bonds is 5. The lowest BCUT2D eigenvalue weighted by Gasteiger charge is -2.39. The van der Waals surface area contributed by atoms with Gasteiger partial charge in [0.25, 0.3) is 0 Å². The molecular formula is C12H17N3O5. The van der Waals surface area contributed by atoms with Crippen LogP contribution in [0.4, 0.5) is 0 Å².